The van der Waals surface area contributed by atoms with E-state index < -0.39 is 5.91 Å². The van der Waals surface area contributed by atoms with Crippen LogP contribution in [-0.4, -0.2) is 5.91 Å². The molecule has 0 aromatic heterocycles. The lowest BCUT2D eigenvalue weighted by molar-refractivity contribution is 0.0999. The molecule has 17 heavy (non-hydrogen) atoms. The molecule has 5 nitrogen and oxygen atoms in total. The highest BCUT2D eigenvalue weighted by atomic mass is 79.9. The summed E-state index contributed by atoms with van der Waals surface area (Å²) >= 11 is 3.19. The second-order valence-corrected chi connectivity index (χ2v) is 3.84. The molecular formula is C11H7BrN4O. The van der Waals surface area contributed by atoms with Gasteiger partial charge in [-0.1, -0.05) is 0 Å². The second-order valence-electron chi connectivity index (χ2n) is 2.98. The Kier molecular flexibility index (Phi) is 4.27. The number of hydrogen-bond acceptors (Lipinski definition) is 4. The van der Waals surface area contributed by atoms with E-state index in [1.54, 1.807) is 24.3 Å². The van der Waals surface area contributed by atoms with E-state index in [0.717, 1.165) is 0 Å². The van der Waals surface area contributed by atoms with Gasteiger partial charge in [-0.15, -0.1) is 0 Å². The molecular weight excluding hydrogens is 284 g/mol. The molecule has 84 valence electrons. The molecule has 1 amide bonds. The Bertz CT molecular complexity index is 550. The predicted molar refractivity (Wildman–Crippen MR) is 65.6 cm³/mol. The number of halogens is 1. The third-order valence-corrected chi connectivity index (χ3v) is 2.55. The van der Waals surface area contributed by atoms with Crippen molar-refractivity contribution in [3.8, 4) is 12.1 Å². The van der Waals surface area contributed by atoms with Gasteiger partial charge in [0, 0.05) is 16.4 Å². The molecule has 1 aromatic rings. The van der Waals surface area contributed by atoms with Crippen LogP contribution in [0.5, 0.6) is 0 Å². The van der Waals surface area contributed by atoms with Crippen LogP contribution in [0, 0.1) is 22.7 Å². The molecule has 0 spiro atoms. The third-order valence-electron chi connectivity index (χ3n) is 1.86. The lowest BCUT2D eigenvalue weighted by Crippen LogP contribution is -2.11. The average molecular weight is 291 g/mol. The van der Waals surface area contributed by atoms with Crippen molar-refractivity contribution in [2.24, 2.45) is 5.73 Å². The first-order chi connectivity index (χ1) is 8.08. The van der Waals surface area contributed by atoms with Crippen LogP contribution < -0.4 is 11.1 Å². The van der Waals surface area contributed by atoms with Crippen molar-refractivity contribution in [2.75, 3.05) is 5.32 Å². The van der Waals surface area contributed by atoms with E-state index in [0.29, 0.717) is 15.7 Å². The van der Waals surface area contributed by atoms with Gasteiger partial charge >= 0.3 is 0 Å². The van der Waals surface area contributed by atoms with Crippen LogP contribution in [0.2, 0.25) is 0 Å². The molecule has 0 saturated carbocycles. The fourth-order valence-corrected chi connectivity index (χ4v) is 1.49. The van der Waals surface area contributed by atoms with Crippen LogP contribution in [0.3, 0.4) is 0 Å². The zero-order valence-electron chi connectivity index (χ0n) is 8.57. The Morgan fingerprint density at radius 3 is 2.59 bits per heavy atom. The Hall–Kier alpha value is -2.31. The number of benzene rings is 1. The summed E-state index contributed by atoms with van der Waals surface area (Å²) in [4.78, 5) is 11.1. The Morgan fingerprint density at radius 1 is 1.41 bits per heavy atom. The first kappa shape index (κ1) is 12.8. The molecule has 1 rings (SSSR count). The van der Waals surface area contributed by atoms with Crippen LogP contribution in [-0.2, 0) is 0 Å². The maximum Gasteiger partial charge on any atom is 0.249 e. The van der Waals surface area contributed by atoms with Gasteiger partial charge in [0.1, 0.15) is 17.7 Å². The molecule has 0 aliphatic rings. The Morgan fingerprint density at radius 2 is 2.06 bits per heavy atom. The minimum absolute atomic E-state index is 0.0615. The van der Waals surface area contributed by atoms with Crippen molar-refractivity contribution >= 4 is 27.5 Å². The summed E-state index contributed by atoms with van der Waals surface area (Å²) in [5.41, 5.74) is 5.99. The maximum absolute atomic E-state index is 11.1. The number of primary amides is 1. The van der Waals surface area contributed by atoms with Crippen LogP contribution in [0.15, 0.2) is 34.4 Å². The van der Waals surface area contributed by atoms with Crippen molar-refractivity contribution < 1.29 is 4.79 Å². The fourth-order valence-electron chi connectivity index (χ4n) is 1.05. The summed E-state index contributed by atoms with van der Waals surface area (Å²) in [6.07, 6.45) is 1.26. The van der Waals surface area contributed by atoms with Gasteiger partial charge in [-0.2, -0.15) is 10.5 Å². The molecule has 0 aliphatic heterocycles. The molecule has 1 aromatic carbocycles. The minimum atomic E-state index is -0.565. The summed E-state index contributed by atoms with van der Waals surface area (Å²) in [5.74, 6) is -0.565. The minimum Gasteiger partial charge on any atom is -0.366 e. The fraction of sp³-hybridized carbons (Fsp3) is 0. The van der Waals surface area contributed by atoms with Crippen LogP contribution in [0.25, 0.3) is 0 Å². The topological polar surface area (TPSA) is 103 Å². The highest BCUT2D eigenvalue weighted by Gasteiger charge is 2.06. The molecule has 0 unspecified atom stereocenters. The second kappa shape index (κ2) is 5.69. The van der Waals surface area contributed by atoms with Gasteiger partial charge in [-0.05, 0) is 34.1 Å². The maximum atomic E-state index is 11.1. The number of nitrogens with zero attached hydrogens (tertiary/aromatic N) is 2. The Labute approximate surface area is 106 Å². The summed E-state index contributed by atoms with van der Waals surface area (Å²) in [7, 11) is 0. The van der Waals surface area contributed by atoms with E-state index in [-0.39, 0.29) is 5.57 Å². The predicted octanol–water partition coefficient (Wildman–Crippen LogP) is 1.89. The van der Waals surface area contributed by atoms with Crippen molar-refractivity contribution in [1.82, 2.24) is 0 Å². The number of hydrogen-bond donors (Lipinski definition) is 2. The number of nitrogens with one attached hydrogen (secondary N) is 1. The van der Waals surface area contributed by atoms with E-state index >= 15 is 0 Å². The highest BCUT2D eigenvalue weighted by molar-refractivity contribution is 9.10. The van der Waals surface area contributed by atoms with Gasteiger partial charge in [-0.25, -0.2) is 0 Å². The van der Waals surface area contributed by atoms with Crippen LogP contribution in [0.1, 0.15) is 10.4 Å². The smallest absolute Gasteiger partial charge is 0.249 e. The van der Waals surface area contributed by atoms with Crippen molar-refractivity contribution in [3.05, 3.63) is 40.0 Å². The molecule has 0 bridgehead atoms. The number of allylic oxidation sites excluding steroid dienone is 1. The molecule has 0 saturated heterocycles. The quantitative estimate of drug-likeness (QED) is 0.830. The van der Waals surface area contributed by atoms with E-state index in [4.69, 9.17) is 16.3 Å². The number of carbonyl (C=O) groups excluding carboxylic acids is 1. The lowest BCUT2D eigenvalue weighted by atomic mass is 10.2. The summed E-state index contributed by atoms with van der Waals surface area (Å²) in [5, 5.41) is 19.8. The summed E-state index contributed by atoms with van der Waals surface area (Å²) < 4.78 is 0.584. The monoisotopic (exact) mass is 290 g/mol. The van der Waals surface area contributed by atoms with E-state index in [1.165, 1.54) is 12.3 Å². The van der Waals surface area contributed by atoms with Gasteiger partial charge in [0.05, 0.1) is 5.56 Å². The van der Waals surface area contributed by atoms with Gasteiger partial charge in [0.25, 0.3) is 0 Å². The van der Waals surface area contributed by atoms with Crippen molar-refractivity contribution in [3.63, 3.8) is 0 Å². The number of amides is 1. The average Bonchev–Trinajstić information content (AvgIpc) is 2.32. The molecule has 3 N–H and O–H groups in total. The summed E-state index contributed by atoms with van der Waals surface area (Å²) in [6, 6.07) is 8.27. The number of nitrogens with two attached hydrogens (primary N) is 1. The van der Waals surface area contributed by atoms with Gasteiger partial charge in [-0.3, -0.25) is 4.79 Å². The largest absolute Gasteiger partial charge is 0.366 e. The summed E-state index contributed by atoms with van der Waals surface area (Å²) in [6.45, 7) is 0. The number of carbonyl (C=O) groups is 1. The number of nitriles is 2. The molecule has 0 atom stereocenters. The first-order valence-corrected chi connectivity index (χ1v) is 5.24. The molecule has 0 heterocycles. The van der Waals surface area contributed by atoms with Gasteiger partial charge < -0.3 is 11.1 Å². The lowest BCUT2D eigenvalue weighted by Gasteiger charge is -2.04. The molecule has 6 heteroatoms. The standard InChI is InChI=1S/C11H7BrN4O/c12-10-2-1-8(3-9(10)11(15)17)16-6-7(4-13)5-14/h1-3,6,16H,(H2,15,17). The third kappa shape index (κ3) is 3.33. The van der Waals surface area contributed by atoms with Crippen LogP contribution in [0.4, 0.5) is 5.69 Å². The van der Waals surface area contributed by atoms with Gasteiger partial charge in [0.15, 0.2) is 0 Å². The normalized spacial score (nSPS) is 8.65. The first-order valence-electron chi connectivity index (χ1n) is 4.44. The zero-order valence-corrected chi connectivity index (χ0v) is 10.2. The van der Waals surface area contributed by atoms with E-state index in [9.17, 15) is 4.79 Å². The van der Waals surface area contributed by atoms with Crippen LogP contribution >= 0.6 is 15.9 Å². The molecule has 0 fully saturated rings. The van der Waals surface area contributed by atoms with Crippen molar-refractivity contribution in [2.45, 2.75) is 0 Å². The van der Waals surface area contributed by atoms with E-state index in [1.807, 2.05) is 0 Å². The number of anilines is 1. The highest BCUT2D eigenvalue weighted by Crippen LogP contribution is 2.20. The van der Waals surface area contributed by atoms with E-state index in [2.05, 4.69) is 21.2 Å². The molecule has 0 radical (unpaired) electrons. The zero-order chi connectivity index (χ0) is 12.8. The Balaban J connectivity index is 3.00. The SMILES string of the molecule is N#CC(C#N)=CNc1ccc(Br)c(C(N)=O)c1. The number of rotatable bonds is 3. The van der Waals surface area contributed by atoms with Crippen molar-refractivity contribution in [1.29, 1.82) is 10.5 Å². The molecule has 0 aliphatic carbocycles. The van der Waals surface area contributed by atoms with Gasteiger partial charge in [0.2, 0.25) is 5.91 Å².